The quantitative estimate of drug-likeness (QED) is 0.889. The topological polar surface area (TPSA) is 58.2 Å². The SMILES string of the molecule is O=C(Nc1ccccc1C(=O)NC1CCCCC1)c1cccs1. The van der Waals surface area contributed by atoms with Crippen molar-refractivity contribution in [2.45, 2.75) is 38.1 Å². The first-order valence-corrected chi connectivity index (χ1v) is 8.87. The van der Waals surface area contributed by atoms with Crippen LogP contribution in [0, 0.1) is 0 Å². The molecule has 1 heterocycles. The predicted octanol–water partition coefficient (Wildman–Crippen LogP) is 4.06. The molecule has 0 radical (unpaired) electrons. The highest BCUT2D eigenvalue weighted by atomic mass is 32.1. The summed E-state index contributed by atoms with van der Waals surface area (Å²) in [4.78, 5) is 25.4. The molecule has 1 aliphatic rings. The van der Waals surface area contributed by atoms with Gasteiger partial charge >= 0.3 is 0 Å². The fourth-order valence-electron chi connectivity index (χ4n) is 2.89. The second kappa shape index (κ2) is 7.42. The van der Waals surface area contributed by atoms with Crippen LogP contribution in [0.2, 0.25) is 0 Å². The zero-order valence-corrected chi connectivity index (χ0v) is 13.7. The smallest absolute Gasteiger partial charge is 0.265 e. The maximum atomic E-state index is 12.5. The van der Waals surface area contributed by atoms with E-state index in [1.165, 1.54) is 30.6 Å². The molecule has 0 atom stereocenters. The molecule has 0 bridgehead atoms. The largest absolute Gasteiger partial charge is 0.349 e. The van der Waals surface area contributed by atoms with E-state index in [-0.39, 0.29) is 17.9 Å². The van der Waals surface area contributed by atoms with Gasteiger partial charge in [0.25, 0.3) is 11.8 Å². The molecule has 0 aliphatic heterocycles. The number of hydrogen-bond donors (Lipinski definition) is 2. The summed E-state index contributed by atoms with van der Waals surface area (Å²) >= 11 is 1.38. The van der Waals surface area contributed by atoms with Crippen LogP contribution in [0.25, 0.3) is 0 Å². The van der Waals surface area contributed by atoms with Crippen LogP contribution in [0.3, 0.4) is 0 Å². The van der Waals surface area contributed by atoms with E-state index in [0.29, 0.717) is 16.1 Å². The molecular formula is C18H20N2O2S. The first-order chi connectivity index (χ1) is 11.2. The van der Waals surface area contributed by atoms with Gasteiger partial charge in [-0.2, -0.15) is 0 Å². The Balaban J connectivity index is 1.72. The molecule has 1 aromatic heterocycles. The Hall–Kier alpha value is -2.14. The first-order valence-electron chi connectivity index (χ1n) is 7.99. The lowest BCUT2D eigenvalue weighted by atomic mass is 9.95. The highest BCUT2D eigenvalue weighted by Gasteiger charge is 2.19. The van der Waals surface area contributed by atoms with Crippen LogP contribution in [0.5, 0.6) is 0 Å². The monoisotopic (exact) mass is 328 g/mol. The molecular weight excluding hydrogens is 308 g/mol. The van der Waals surface area contributed by atoms with Crippen LogP contribution >= 0.6 is 11.3 Å². The van der Waals surface area contributed by atoms with Crippen LogP contribution in [0.1, 0.15) is 52.1 Å². The summed E-state index contributed by atoms with van der Waals surface area (Å²) < 4.78 is 0. The summed E-state index contributed by atoms with van der Waals surface area (Å²) in [6.45, 7) is 0. The zero-order chi connectivity index (χ0) is 16.1. The molecule has 2 N–H and O–H groups in total. The average Bonchev–Trinajstić information content (AvgIpc) is 3.11. The Morgan fingerprint density at radius 2 is 1.74 bits per heavy atom. The third kappa shape index (κ3) is 3.99. The van der Waals surface area contributed by atoms with Crippen molar-refractivity contribution >= 4 is 28.8 Å². The van der Waals surface area contributed by atoms with Crippen molar-refractivity contribution < 1.29 is 9.59 Å². The molecule has 0 spiro atoms. The Kier molecular flexibility index (Phi) is 5.08. The molecule has 1 saturated carbocycles. The third-order valence-electron chi connectivity index (χ3n) is 4.11. The minimum Gasteiger partial charge on any atom is -0.349 e. The minimum absolute atomic E-state index is 0.112. The normalized spacial score (nSPS) is 15.1. The van der Waals surface area contributed by atoms with Gasteiger partial charge in [-0.1, -0.05) is 37.5 Å². The fourth-order valence-corrected chi connectivity index (χ4v) is 3.51. The molecule has 2 aromatic rings. The first kappa shape index (κ1) is 15.7. The lowest BCUT2D eigenvalue weighted by Crippen LogP contribution is -2.36. The van der Waals surface area contributed by atoms with Gasteiger partial charge in [0.15, 0.2) is 0 Å². The number of para-hydroxylation sites is 1. The number of thiophene rings is 1. The highest BCUT2D eigenvalue weighted by molar-refractivity contribution is 7.12. The van der Waals surface area contributed by atoms with Crippen LogP contribution < -0.4 is 10.6 Å². The van der Waals surface area contributed by atoms with E-state index in [2.05, 4.69) is 10.6 Å². The number of carbonyl (C=O) groups is 2. The van der Waals surface area contributed by atoms with Gasteiger partial charge in [0, 0.05) is 6.04 Å². The molecule has 1 aromatic carbocycles. The van der Waals surface area contributed by atoms with Gasteiger partial charge in [0.2, 0.25) is 0 Å². The Morgan fingerprint density at radius 1 is 0.957 bits per heavy atom. The van der Waals surface area contributed by atoms with Gasteiger partial charge in [-0.05, 0) is 36.4 Å². The third-order valence-corrected chi connectivity index (χ3v) is 4.97. The zero-order valence-electron chi connectivity index (χ0n) is 12.9. The number of carbonyl (C=O) groups excluding carboxylic acids is 2. The summed E-state index contributed by atoms with van der Waals surface area (Å²) in [7, 11) is 0. The summed E-state index contributed by atoms with van der Waals surface area (Å²) in [6.07, 6.45) is 5.66. The van der Waals surface area contributed by atoms with E-state index in [1.54, 1.807) is 18.2 Å². The standard InChI is InChI=1S/C18H20N2O2S/c21-17(19-13-7-2-1-3-8-13)14-9-4-5-10-15(14)20-18(22)16-11-6-12-23-16/h4-6,9-13H,1-3,7-8H2,(H,19,21)(H,20,22). The van der Waals surface area contributed by atoms with E-state index in [9.17, 15) is 9.59 Å². The Labute approximate surface area is 139 Å². The molecule has 1 fully saturated rings. The maximum absolute atomic E-state index is 12.5. The molecule has 1 aliphatic carbocycles. The molecule has 0 saturated heterocycles. The molecule has 2 amide bonds. The number of amides is 2. The second-order valence-corrected chi connectivity index (χ2v) is 6.73. The molecule has 4 nitrogen and oxygen atoms in total. The summed E-state index contributed by atoms with van der Waals surface area (Å²) in [5, 5.41) is 7.80. The van der Waals surface area contributed by atoms with Crippen LogP contribution in [0.15, 0.2) is 41.8 Å². The molecule has 5 heteroatoms. The number of rotatable bonds is 4. The second-order valence-electron chi connectivity index (χ2n) is 5.79. The van der Waals surface area contributed by atoms with Crippen LogP contribution in [-0.4, -0.2) is 17.9 Å². The Bertz CT molecular complexity index is 676. The molecule has 0 unspecified atom stereocenters. The average molecular weight is 328 g/mol. The van der Waals surface area contributed by atoms with E-state index in [1.807, 2.05) is 23.6 Å². The fraction of sp³-hybridized carbons (Fsp3) is 0.333. The van der Waals surface area contributed by atoms with Gasteiger partial charge in [-0.3, -0.25) is 9.59 Å². The molecule has 3 rings (SSSR count). The summed E-state index contributed by atoms with van der Waals surface area (Å²) in [5.41, 5.74) is 1.07. The van der Waals surface area contributed by atoms with E-state index in [0.717, 1.165) is 12.8 Å². The van der Waals surface area contributed by atoms with Crippen molar-refractivity contribution in [1.29, 1.82) is 0 Å². The van der Waals surface area contributed by atoms with Crippen molar-refractivity contribution in [3.8, 4) is 0 Å². The Morgan fingerprint density at radius 3 is 2.48 bits per heavy atom. The van der Waals surface area contributed by atoms with Gasteiger partial charge in [0.05, 0.1) is 16.1 Å². The van der Waals surface area contributed by atoms with Crippen molar-refractivity contribution in [3.05, 3.63) is 52.2 Å². The lowest BCUT2D eigenvalue weighted by Gasteiger charge is -2.23. The number of nitrogens with one attached hydrogen (secondary N) is 2. The van der Waals surface area contributed by atoms with Gasteiger partial charge in [0.1, 0.15) is 0 Å². The van der Waals surface area contributed by atoms with Gasteiger partial charge in [-0.25, -0.2) is 0 Å². The minimum atomic E-state index is -0.182. The van der Waals surface area contributed by atoms with Crippen molar-refractivity contribution in [2.24, 2.45) is 0 Å². The van der Waals surface area contributed by atoms with Crippen molar-refractivity contribution in [1.82, 2.24) is 5.32 Å². The lowest BCUT2D eigenvalue weighted by molar-refractivity contribution is 0.0928. The van der Waals surface area contributed by atoms with Gasteiger partial charge < -0.3 is 10.6 Å². The van der Waals surface area contributed by atoms with E-state index in [4.69, 9.17) is 0 Å². The number of benzene rings is 1. The van der Waals surface area contributed by atoms with Crippen LogP contribution in [0.4, 0.5) is 5.69 Å². The number of anilines is 1. The number of hydrogen-bond acceptors (Lipinski definition) is 3. The van der Waals surface area contributed by atoms with Crippen LogP contribution in [-0.2, 0) is 0 Å². The van der Waals surface area contributed by atoms with E-state index >= 15 is 0 Å². The van der Waals surface area contributed by atoms with Crippen molar-refractivity contribution in [2.75, 3.05) is 5.32 Å². The van der Waals surface area contributed by atoms with Crippen molar-refractivity contribution in [3.63, 3.8) is 0 Å². The summed E-state index contributed by atoms with van der Waals surface area (Å²) in [5.74, 6) is -0.295. The van der Waals surface area contributed by atoms with Gasteiger partial charge in [-0.15, -0.1) is 11.3 Å². The predicted molar refractivity (Wildman–Crippen MR) is 93.1 cm³/mol. The molecule has 23 heavy (non-hydrogen) atoms. The molecule has 120 valence electrons. The van der Waals surface area contributed by atoms with E-state index < -0.39 is 0 Å². The highest BCUT2D eigenvalue weighted by Crippen LogP contribution is 2.21. The maximum Gasteiger partial charge on any atom is 0.265 e. The summed E-state index contributed by atoms with van der Waals surface area (Å²) in [6, 6.07) is 11.0.